The van der Waals surface area contributed by atoms with Crippen molar-refractivity contribution < 1.29 is 19.8 Å². The molecule has 1 aliphatic heterocycles. The van der Waals surface area contributed by atoms with E-state index in [4.69, 9.17) is 5.11 Å². The lowest BCUT2D eigenvalue weighted by Crippen LogP contribution is -2.42. The monoisotopic (exact) mass is 240 g/mol. The number of carbonyl (C=O) groups excluding carboxylic acids is 1. The number of aliphatic carboxylic acids is 1. The summed E-state index contributed by atoms with van der Waals surface area (Å²) in [5, 5.41) is 25.5. The molecular weight excluding hydrogens is 228 g/mol. The number of hydrogen-bond acceptors (Lipinski definition) is 5. The van der Waals surface area contributed by atoms with Crippen molar-refractivity contribution in [3.8, 4) is 0 Å². The molecule has 0 saturated carbocycles. The molecule has 8 heteroatoms. The molecule has 0 aliphatic carbocycles. The number of rotatable bonds is 3. The number of nitrogens with zero attached hydrogens (tertiary/aromatic N) is 4. The summed E-state index contributed by atoms with van der Waals surface area (Å²) in [6.07, 6.45) is 2.23. The zero-order chi connectivity index (χ0) is 12.4. The number of carbonyl (C=O) groups is 2. The fourth-order valence-corrected chi connectivity index (χ4v) is 1.87. The number of amides is 1. The SMILES string of the molecule is O=C(O)[C@@H]1C[C@H](O)CN1C(=O)Cn1ccnn1. The second kappa shape index (κ2) is 4.50. The Labute approximate surface area is 96.4 Å². The highest BCUT2D eigenvalue weighted by Crippen LogP contribution is 2.18. The number of carboxylic acids is 1. The minimum absolute atomic E-state index is 0.0461. The van der Waals surface area contributed by atoms with E-state index in [0.29, 0.717) is 0 Å². The molecule has 1 fully saturated rings. The molecule has 17 heavy (non-hydrogen) atoms. The molecule has 0 bridgehead atoms. The van der Waals surface area contributed by atoms with Gasteiger partial charge in [-0.05, 0) is 0 Å². The highest BCUT2D eigenvalue weighted by molar-refractivity contribution is 5.84. The van der Waals surface area contributed by atoms with Gasteiger partial charge < -0.3 is 15.1 Å². The summed E-state index contributed by atoms with van der Waals surface area (Å²) in [7, 11) is 0. The Morgan fingerprint density at radius 2 is 2.24 bits per heavy atom. The van der Waals surface area contributed by atoms with Crippen molar-refractivity contribution in [2.45, 2.75) is 25.1 Å². The molecule has 1 aromatic heterocycles. The fourth-order valence-electron chi connectivity index (χ4n) is 1.87. The lowest BCUT2D eigenvalue weighted by atomic mass is 10.2. The van der Waals surface area contributed by atoms with Gasteiger partial charge in [-0.3, -0.25) is 4.79 Å². The third-order valence-corrected chi connectivity index (χ3v) is 2.65. The normalized spacial score (nSPS) is 23.9. The molecule has 0 spiro atoms. The molecule has 2 heterocycles. The Hall–Kier alpha value is -1.96. The van der Waals surface area contributed by atoms with Crippen LogP contribution in [0.1, 0.15) is 6.42 Å². The first-order valence-electron chi connectivity index (χ1n) is 5.12. The van der Waals surface area contributed by atoms with E-state index >= 15 is 0 Å². The van der Waals surface area contributed by atoms with Crippen molar-refractivity contribution in [2.24, 2.45) is 0 Å². The maximum absolute atomic E-state index is 11.8. The van der Waals surface area contributed by atoms with Crippen molar-refractivity contribution in [1.29, 1.82) is 0 Å². The molecule has 1 amide bonds. The molecule has 1 aromatic rings. The molecule has 1 saturated heterocycles. The molecule has 92 valence electrons. The van der Waals surface area contributed by atoms with Crippen LogP contribution in [0, 0.1) is 0 Å². The van der Waals surface area contributed by atoms with Gasteiger partial charge >= 0.3 is 5.97 Å². The van der Waals surface area contributed by atoms with E-state index in [2.05, 4.69) is 10.3 Å². The Balaban J connectivity index is 2.05. The standard InChI is InChI=1S/C9H12N4O4/c14-6-3-7(9(16)17)13(4-6)8(15)5-12-2-1-10-11-12/h1-2,6-7,14H,3-5H2,(H,16,17)/t6-,7-/m0/s1. The Morgan fingerprint density at radius 1 is 1.47 bits per heavy atom. The maximum Gasteiger partial charge on any atom is 0.326 e. The summed E-state index contributed by atoms with van der Waals surface area (Å²) < 4.78 is 1.31. The molecule has 0 radical (unpaired) electrons. The first-order chi connectivity index (χ1) is 8.08. The van der Waals surface area contributed by atoms with E-state index in [1.165, 1.54) is 17.1 Å². The summed E-state index contributed by atoms with van der Waals surface area (Å²) in [4.78, 5) is 23.9. The van der Waals surface area contributed by atoms with Crippen LogP contribution in [0.15, 0.2) is 12.4 Å². The van der Waals surface area contributed by atoms with Crippen LogP contribution >= 0.6 is 0 Å². The van der Waals surface area contributed by atoms with Gasteiger partial charge in [0.05, 0.1) is 12.3 Å². The van der Waals surface area contributed by atoms with Crippen LogP contribution in [0.3, 0.4) is 0 Å². The lowest BCUT2D eigenvalue weighted by molar-refractivity contribution is -0.148. The molecule has 8 nitrogen and oxygen atoms in total. The number of aromatic nitrogens is 3. The number of carboxylic acid groups (broad SMARTS) is 1. The third kappa shape index (κ3) is 2.41. The third-order valence-electron chi connectivity index (χ3n) is 2.65. The minimum Gasteiger partial charge on any atom is -0.480 e. The van der Waals surface area contributed by atoms with Crippen molar-refractivity contribution in [2.75, 3.05) is 6.54 Å². The van der Waals surface area contributed by atoms with E-state index in [1.54, 1.807) is 0 Å². The van der Waals surface area contributed by atoms with Gasteiger partial charge in [0.1, 0.15) is 12.6 Å². The van der Waals surface area contributed by atoms with E-state index in [1.807, 2.05) is 0 Å². The Kier molecular flexibility index (Phi) is 3.05. The fraction of sp³-hybridized carbons (Fsp3) is 0.556. The number of hydrogen-bond donors (Lipinski definition) is 2. The van der Waals surface area contributed by atoms with Crippen LogP contribution in [0.4, 0.5) is 0 Å². The van der Waals surface area contributed by atoms with Gasteiger partial charge in [0.15, 0.2) is 0 Å². The second-order valence-corrected chi connectivity index (χ2v) is 3.89. The van der Waals surface area contributed by atoms with Gasteiger partial charge in [-0.2, -0.15) is 0 Å². The van der Waals surface area contributed by atoms with Crippen molar-refractivity contribution in [1.82, 2.24) is 19.9 Å². The van der Waals surface area contributed by atoms with E-state index in [9.17, 15) is 14.7 Å². The molecular formula is C9H12N4O4. The summed E-state index contributed by atoms with van der Waals surface area (Å²) in [6.45, 7) is -0.0268. The second-order valence-electron chi connectivity index (χ2n) is 3.89. The van der Waals surface area contributed by atoms with E-state index < -0.39 is 18.1 Å². The molecule has 2 N–H and O–H groups in total. The quantitative estimate of drug-likeness (QED) is 0.653. The van der Waals surface area contributed by atoms with Gasteiger partial charge in [0, 0.05) is 19.2 Å². The maximum atomic E-state index is 11.8. The van der Waals surface area contributed by atoms with Crippen LogP contribution in [0.2, 0.25) is 0 Å². The lowest BCUT2D eigenvalue weighted by Gasteiger charge is -2.20. The Bertz CT molecular complexity index is 419. The van der Waals surface area contributed by atoms with Gasteiger partial charge in [-0.1, -0.05) is 5.21 Å². The zero-order valence-corrected chi connectivity index (χ0v) is 8.93. The number of likely N-dealkylation sites (tertiary alicyclic amines) is 1. The highest BCUT2D eigenvalue weighted by atomic mass is 16.4. The largest absolute Gasteiger partial charge is 0.480 e. The van der Waals surface area contributed by atoms with Crippen LogP contribution in [0.25, 0.3) is 0 Å². The first kappa shape index (κ1) is 11.5. The minimum atomic E-state index is -1.10. The summed E-state index contributed by atoms with van der Waals surface area (Å²) in [6, 6.07) is -0.957. The van der Waals surface area contributed by atoms with Gasteiger partial charge in [0.2, 0.25) is 5.91 Å². The van der Waals surface area contributed by atoms with Crippen molar-refractivity contribution in [3.63, 3.8) is 0 Å². The number of aliphatic hydroxyl groups is 1. The van der Waals surface area contributed by atoms with Crippen LogP contribution < -0.4 is 0 Å². The van der Waals surface area contributed by atoms with Gasteiger partial charge in [-0.15, -0.1) is 5.10 Å². The van der Waals surface area contributed by atoms with Crippen LogP contribution in [-0.4, -0.2) is 60.7 Å². The molecule has 2 atom stereocenters. The first-order valence-corrected chi connectivity index (χ1v) is 5.12. The molecule has 0 unspecified atom stereocenters. The van der Waals surface area contributed by atoms with E-state index in [-0.39, 0.29) is 25.4 Å². The van der Waals surface area contributed by atoms with Crippen molar-refractivity contribution >= 4 is 11.9 Å². The number of aliphatic hydroxyl groups excluding tert-OH is 1. The molecule has 2 rings (SSSR count). The predicted octanol–water partition coefficient (Wildman–Crippen LogP) is -1.68. The Morgan fingerprint density at radius 3 is 2.82 bits per heavy atom. The van der Waals surface area contributed by atoms with Gasteiger partial charge in [-0.25, -0.2) is 9.48 Å². The highest BCUT2D eigenvalue weighted by Gasteiger charge is 2.38. The molecule has 1 aliphatic rings. The topological polar surface area (TPSA) is 109 Å². The van der Waals surface area contributed by atoms with Gasteiger partial charge in [0.25, 0.3) is 0 Å². The smallest absolute Gasteiger partial charge is 0.326 e. The van der Waals surface area contributed by atoms with Crippen LogP contribution in [-0.2, 0) is 16.1 Å². The predicted molar refractivity (Wildman–Crippen MR) is 53.8 cm³/mol. The summed E-state index contributed by atoms with van der Waals surface area (Å²) in [5.41, 5.74) is 0. The van der Waals surface area contributed by atoms with Crippen molar-refractivity contribution in [3.05, 3.63) is 12.4 Å². The van der Waals surface area contributed by atoms with E-state index in [0.717, 1.165) is 4.90 Å². The summed E-state index contributed by atoms with van der Waals surface area (Å²) in [5.74, 6) is -1.49. The van der Waals surface area contributed by atoms with Crippen LogP contribution in [0.5, 0.6) is 0 Å². The average Bonchev–Trinajstić information content (AvgIpc) is 2.86. The zero-order valence-electron chi connectivity index (χ0n) is 8.93. The number of β-amino-alcohol motifs (C(OH)–C–C–N with tert-alkyl or cyclic N) is 1. The average molecular weight is 240 g/mol. The summed E-state index contributed by atoms with van der Waals surface area (Å²) >= 11 is 0. The molecule has 0 aromatic carbocycles.